The van der Waals surface area contributed by atoms with Crippen LogP contribution < -0.4 is 0 Å². The first-order valence-corrected chi connectivity index (χ1v) is 7.84. The third kappa shape index (κ3) is 4.30. The number of carbonyl (C=O) groups is 1. The molecule has 0 aliphatic heterocycles. The van der Waals surface area contributed by atoms with Crippen LogP contribution in [0, 0.1) is 11.8 Å². The van der Waals surface area contributed by atoms with Crippen molar-refractivity contribution in [2.75, 3.05) is 0 Å². The van der Waals surface area contributed by atoms with Crippen LogP contribution in [0.3, 0.4) is 0 Å². The molecule has 0 saturated heterocycles. The van der Waals surface area contributed by atoms with Crippen LogP contribution in [-0.4, -0.2) is 20.5 Å². The molecule has 0 aromatic heterocycles. The van der Waals surface area contributed by atoms with Crippen molar-refractivity contribution in [3.8, 4) is 0 Å². The lowest BCUT2D eigenvalue weighted by Crippen LogP contribution is -2.27. The van der Waals surface area contributed by atoms with Crippen LogP contribution in [0.2, 0.25) is 0 Å². The Morgan fingerprint density at radius 3 is 1.78 bits per heavy atom. The maximum Gasteiger partial charge on any atom is 0.144 e. The second-order valence-corrected chi connectivity index (χ2v) is 8.20. The van der Waals surface area contributed by atoms with Gasteiger partial charge in [0.15, 0.2) is 0 Å². The molecule has 2 unspecified atom stereocenters. The first-order chi connectivity index (χ1) is 8.21. The van der Waals surface area contributed by atoms with Crippen molar-refractivity contribution >= 4 is 22.5 Å². The molecule has 4 heteroatoms. The Kier molecular flexibility index (Phi) is 5.26. The molecule has 2 aliphatic rings. The topological polar surface area (TPSA) is 46.5 Å². The van der Waals surface area contributed by atoms with Crippen molar-refractivity contribution in [2.45, 2.75) is 65.0 Å². The third-order valence-corrected chi connectivity index (χ3v) is 4.95. The lowest BCUT2D eigenvalue weighted by atomic mass is 9.85. The molecule has 0 N–H and O–H groups in total. The summed E-state index contributed by atoms with van der Waals surface area (Å²) in [6, 6.07) is 0. The second-order valence-electron chi connectivity index (χ2n) is 6.29. The van der Waals surface area contributed by atoms with Gasteiger partial charge in [0.05, 0.1) is 4.75 Å². The molecule has 2 saturated carbocycles. The summed E-state index contributed by atoms with van der Waals surface area (Å²) in [6.07, 6.45) is 4.21. The fourth-order valence-electron chi connectivity index (χ4n) is 1.49. The van der Waals surface area contributed by atoms with E-state index in [2.05, 4.69) is 11.3 Å². The molecule has 0 spiro atoms. The highest BCUT2D eigenvalue weighted by atomic mass is 32.2. The number of ketones is 1. The molecule has 2 fully saturated rings. The van der Waals surface area contributed by atoms with E-state index in [9.17, 15) is 9.00 Å². The summed E-state index contributed by atoms with van der Waals surface area (Å²) in [5.41, 5.74) is 1.14. The largest absolute Gasteiger partial charge is 0.299 e. The quantitative estimate of drug-likeness (QED) is 0.734. The van der Waals surface area contributed by atoms with E-state index in [1.165, 1.54) is 6.42 Å². The van der Waals surface area contributed by atoms with Crippen LogP contribution in [0.1, 0.15) is 60.3 Å². The van der Waals surface area contributed by atoms with Gasteiger partial charge in [-0.05, 0) is 46.0 Å². The van der Waals surface area contributed by atoms with Crippen molar-refractivity contribution < 1.29 is 9.00 Å². The minimum Gasteiger partial charge on any atom is -0.299 e. The van der Waals surface area contributed by atoms with Crippen LogP contribution in [0.15, 0.2) is 4.40 Å². The Morgan fingerprint density at radius 1 is 1.11 bits per heavy atom. The zero-order valence-electron chi connectivity index (χ0n) is 12.2. The fourth-order valence-corrected chi connectivity index (χ4v) is 2.25. The first kappa shape index (κ1) is 15.5. The average Bonchev–Trinajstić information content (AvgIpc) is 2.30. The minimum absolute atomic E-state index is 0.206. The fraction of sp³-hybridized carbons (Fsp3) is 0.857. The van der Waals surface area contributed by atoms with E-state index in [1.807, 2.05) is 27.7 Å². The van der Waals surface area contributed by atoms with Gasteiger partial charge in [0.25, 0.3) is 0 Å². The molecule has 18 heavy (non-hydrogen) atoms. The van der Waals surface area contributed by atoms with Gasteiger partial charge in [-0.15, -0.1) is 0 Å². The Labute approximate surface area is 113 Å². The lowest BCUT2D eigenvalue weighted by Gasteiger charge is -2.25. The van der Waals surface area contributed by atoms with Crippen LogP contribution in [0.4, 0.5) is 0 Å². The maximum absolute atomic E-state index is 11.5. The standard InChI is InChI=1S/C9H17NOS.C5H8O/c1-7-5-6-8(7)10-12(11)9(2,3)4;1-4-2-3-5(4)6/h7H,5-6H2,1-4H3;4H,2-3H2,1H3/t7?,12-;/m0./s1. The molecule has 3 atom stereocenters. The van der Waals surface area contributed by atoms with Gasteiger partial charge in [-0.25, -0.2) is 4.21 Å². The van der Waals surface area contributed by atoms with E-state index in [1.54, 1.807) is 0 Å². The summed E-state index contributed by atoms with van der Waals surface area (Å²) < 4.78 is 15.6. The summed E-state index contributed by atoms with van der Waals surface area (Å²) in [6.45, 7) is 9.98. The predicted molar refractivity (Wildman–Crippen MR) is 77.1 cm³/mol. The zero-order valence-corrected chi connectivity index (χ0v) is 13.0. The Morgan fingerprint density at radius 2 is 1.61 bits per heavy atom. The molecule has 0 aromatic carbocycles. The SMILES string of the molecule is CC1CCC1=N[S@@](=O)C(C)(C)C.CC1CCC1=O. The molecule has 0 heterocycles. The highest BCUT2D eigenvalue weighted by Gasteiger charge is 2.25. The van der Waals surface area contributed by atoms with Gasteiger partial charge >= 0.3 is 0 Å². The van der Waals surface area contributed by atoms with Gasteiger partial charge in [0.2, 0.25) is 0 Å². The van der Waals surface area contributed by atoms with E-state index in [0.29, 0.717) is 17.6 Å². The van der Waals surface area contributed by atoms with Crippen molar-refractivity contribution in [1.82, 2.24) is 0 Å². The molecular formula is C14H25NO2S. The molecule has 0 aromatic rings. The van der Waals surface area contributed by atoms with Crippen molar-refractivity contribution in [3.05, 3.63) is 0 Å². The molecule has 104 valence electrons. The first-order valence-electron chi connectivity index (χ1n) is 6.74. The smallest absolute Gasteiger partial charge is 0.144 e. The number of Topliss-reactive ketones (excluding diaryl/α,β-unsaturated/α-hetero) is 1. The maximum atomic E-state index is 11.5. The van der Waals surface area contributed by atoms with Crippen molar-refractivity contribution in [1.29, 1.82) is 0 Å². The van der Waals surface area contributed by atoms with Gasteiger partial charge < -0.3 is 0 Å². The van der Waals surface area contributed by atoms with Crippen LogP contribution in [-0.2, 0) is 15.8 Å². The Balaban J connectivity index is 0.000000225. The summed E-state index contributed by atoms with van der Waals surface area (Å²) in [5, 5.41) is 0. The minimum atomic E-state index is -1.05. The Hall–Kier alpha value is -0.510. The molecule has 3 nitrogen and oxygen atoms in total. The predicted octanol–water partition coefficient (Wildman–Crippen LogP) is 3.30. The summed E-state index contributed by atoms with van der Waals surface area (Å²) in [5.74, 6) is 1.40. The monoisotopic (exact) mass is 271 g/mol. The zero-order chi connectivity index (χ0) is 13.9. The number of nitrogens with zero attached hydrogens (tertiary/aromatic N) is 1. The number of hydrogen-bond donors (Lipinski definition) is 0. The highest BCUT2D eigenvalue weighted by Crippen LogP contribution is 2.25. The van der Waals surface area contributed by atoms with Gasteiger partial charge in [-0.1, -0.05) is 13.8 Å². The molecule has 0 amide bonds. The number of carbonyl (C=O) groups excluding carboxylic acids is 1. The normalized spacial score (nSPS) is 30.9. The summed E-state index contributed by atoms with van der Waals surface area (Å²) in [4.78, 5) is 10.2. The van der Waals surface area contributed by atoms with Crippen LogP contribution in [0.25, 0.3) is 0 Å². The van der Waals surface area contributed by atoms with E-state index < -0.39 is 11.0 Å². The molecule has 0 bridgehead atoms. The average molecular weight is 271 g/mol. The van der Waals surface area contributed by atoms with Gasteiger partial charge in [0.1, 0.15) is 16.8 Å². The molecule has 2 aliphatic carbocycles. The van der Waals surface area contributed by atoms with E-state index in [4.69, 9.17) is 0 Å². The van der Waals surface area contributed by atoms with E-state index >= 15 is 0 Å². The van der Waals surface area contributed by atoms with Gasteiger partial charge in [-0.3, -0.25) is 4.79 Å². The van der Waals surface area contributed by atoms with Gasteiger partial charge in [-0.2, -0.15) is 4.40 Å². The van der Waals surface area contributed by atoms with E-state index in [0.717, 1.165) is 25.0 Å². The molecule has 2 rings (SSSR count). The number of rotatable bonds is 1. The van der Waals surface area contributed by atoms with E-state index in [-0.39, 0.29) is 4.75 Å². The summed E-state index contributed by atoms with van der Waals surface area (Å²) in [7, 11) is -1.05. The molecule has 0 radical (unpaired) electrons. The van der Waals surface area contributed by atoms with Crippen LogP contribution >= 0.6 is 0 Å². The third-order valence-electron chi connectivity index (χ3n) is 3.50. The highest BCUT2D eigenvalue weighted by molar-refractivity contribution is 7.85. The lowest BCUT2D eigenvalue weighted by molar-refractivity contribution is -0.128. The number of hydrogen-bond acceptors (Lipinski definition) is 2. The second kappa shape index (κ2) is 6.09. The Bertz CT molecular complexity index is 368. The van der Waals surface area contributed by atoms with Gasteiger partial charge in [0, 0.05) is 18.1 Å². The summed E-state index contributed by atoms with van der Waals surface area (Å²) >= 11 is 0. The van der Waals surface area contributed by atoms with Crippen molar-refractivity contribution in [3.63, 3.8) is 0 Å². The molecular weight excluding hydrogens is 246 g/mol. The van der Waals surface area contributed by atoms with Crippen molar-refractivity contribution in [2.24, 2.45) is 16.2 Å². The van der Waals surface area contributed by atoms with Crippen LogP contribution in [0.5, 0.6) is 0 Å².